The number of aryl methyl sites for hydroxylation is 1. The number of fused-ring (bicyclic) bond motifs is 3. The van der Waals surface area contributed by atoms with Gasteiger partial charge < -0.3 is 10.1 Å². The molecule has 2 N–H and O–H groups in total. The lowest BCUT2D eigenvalue weighted by atomic mass is 9.87. The molecule has 24 heavy (non-hydrogen) atoms. The van der Waals surface area contributed by atoms with E-state index in [1.54, 1.807) is 18.2 Å². The highest BCUT2D eigenvalue weighted by Crippen LogP contribution is 2.41. The summed E-state index contributed by atoms with van der Waals surface area (Å²) in [5.74, 6) is -0.993. The summed E-state index contributed by atoms with van der Waals surface area (Å²) in [6.45, 7) is 0. The molecule has 1 heterocycles. The summed E-state index contributed by atoms with van der Waals surface area (Å²) in [6, 6.07) is 13.2. The predicted molar refractivity (Wildman–Crippen MR) is 96.1 cm³/mol. The van der Waals surface area contributed by atoms with E-state index in [1.165, 1.54) is 5.56 Å². The summed E-state index contributed by atoms with van der Waals surface area (Å²) < 4.78 is 0. The van der Waals surface area contributed by atoms with Gasteiger partial charge in [0, 0.05) is 21.2 Å². The Kier molecular flexibility index (Phi) is 3.63. The van der Waals surface area contributed by atoms with Crippen LogP contribution in [0.15, 0.2) is 42.5 Å². The van der Waals surface area contributed by atoms with Crippen LogP contribution in [0.4, 0.5) is 0 Å². The number of hydrogen-bond donors (Lipinski definition) is 2. The molecule has 120 valence electrons. The molecule has 0 radical (unpaired) electrons. The molecule has 0 atom stereocenters. The SMILES string of the molecule is O=C(O)c1[nH]c2c(c1-c1cc(Cl)cc(Cl)c1)CCc1ccccc1-2. The maximum atomic E-state index is 11.8. The van der Waals surface area contributed by atoms with E-state index in [4.69, 9.17) is 23.2 Å². The number of benzene rings is 2. The van der Waals surface area contributed by atoms with E-state index >= 15 is 0 Å². The zero-order valence-corrected chi connectivity index (χ0v) is 14.1. The monoisotopic (exact) mass is 357 g/mol. The van der Waals surface area contributed by atoms with Crippen molar-refractivity contribution in [3.05, 3.63) is 69.3 Å². The lowest BCUT2D eigenvalue weighted by Gasteiger charge is -2.17. The summed E-state index contributed by atoms with van der Waals surface area (Å²) >= 11 is 12.2. The van der Waals surface area contributed by atoms with Gasteiger partial charge >= 0.3 is 5.97 Å². The van der Waals surface area contributed by atoms with Gasteiger partial charge in [-0.25, -0.2) is 4.79 Å². The number of nitrogens with one attached hydrogen (secondary N) is 1. The lowest BCUT2D eigenvalue weighted by Crippen LogP contribution is -2.03. The maximum absolute atomic E-state index is 11.8. The molecule has 1 aliphatic rings. The third-order valence-electron chi connectivity index (χ3n) is 4.40. The van der Waals surface area contributed by atoms with Crippen LogP contribution in [0.2, 0.25) is 10.0 Å². The van der Waals surface area contributed by atoms with Crippen molar-refractivity contribution in [3.8, 4) is 22.4 Å². The number of aromatic carboxylic acids is 1. The van der Waals surface area contributed by atoms with Gasteiger partial charge in [-0.2, -0.15) is 0 Å². The Balaban J connectivity index is 2.02. The van der Waals surface area contributed by atoms with Crippen LogP contribution in [-0.2, 0) is 12.8 Å². The molecule has 3 nitrogen and oxygen atoms in total. The molecule has 1 aliphatic carbocycles. The molecule has 4 rings (SSSR count). The Morgan fingerprint density at radius 3 is 2.46 bits per heavy atom. The fourth-order valence-corrected chi connectivity index (χ4v) is 3.96. The van der Waals surface area contributed by atoms with Crippen LogP contribution in [0, 0.1) is 0 Å². The second-order valence-electron chi connectivity index (χ2n) is 5.85. The number of halogens is 2. The molecule has 3 aromatic rings. The molecule has 0 fully saturated rings. The summed E-state index contributed by atoms with van der Waals surface area (Å²) in [4.78, 5) is 14.9. The second kappa shape index (κ2) is 5.69. The van der Waals surface area contributed by atoms with Gasteiger partial charge in [0.15, 0.2) is 0 Å². The Bertz CT molecular complexity index is 955. The number of carboxylic acids is 1. The van der Waals surface area contributed by atoms with E-state index in [0.29, 0.717) is 15.6 Å². The highest BCUT2D eigenvalue weighted by atomic mass is 35.5. The number of carbonyl (C=O) groups is 1. The smallest absolute Gasteiger partial charge is 0.352 e. The van der Waals surface area contributed by atoms with Crippen LogP contribution in [0.5, 0.6) is 0 Å². The van der Waals surface area contributed by atoms with Crippen LogP contribution < -0.4 is 0 Å². The minimum Gasteiger partial charge on any atom is -0.477 e. The van der Waals surface area contributed by atoms with Crippen LogP contribution in [0.25, 0.3) is 22.4 Å². The van der Waals surface area contributed by atoms with E-state index in [0.717, 1.165) is 35.2 Å². The van der Waals surface area contributed by atoms with Crippen molar-refractivity contribution in [3.63, 3.8) is 0 Å². The third kappa shape index (κ3) is 2.41. The standard InChI is InChI=1S/C19H13Cl2NO2/c20-12-7-11(8-13(21)9-12)16-15-6-5-10-3-1-2-4-14(10)17(15)22-18(16)19(23)24/h1-4,7-9,22H,5-6H2,(H,23,24). The maximum Gasteiger partial charge on any atom is 0.352 e. The van der Waals surface area contributed by atoms with Gasteiger partial charge in [0.1, 0.15) is 5.69 Å². The van der Waals surface area contributed by atoms with Crippen molar-refractivity contribution in [1.82, 2.24) is 4.98 Å². The molecule has 0 bridgehead atoms. The van der Waals surface area contributed by atoms with Crippen LogP contribution in [-0.4, -0.2) is 16.1 Å². The molecule has 1 aromatic heterocycles. The fraction of sp³-hybridized carbons (Fsp3) is 0.105. The zero-order chi connectivity index (χ0) is 16.8. The average Bonchev–Trinajstić information content (AvgIpc) is 2.94. The Labute approximate surface area is 148 Å². The Morgan fingerprint density at radius 1 is 1.04 bits per heavy atom. The van der Waals surface area contributed by atoms with Gasteiger partial charge in [-0.3, -0.25) is 0 Å². The molecular weight excluding hydrogens is 345 g/mol. The largest absolute Gasteiger partial charge is 0.477 e. The fourth-order valence-electron chi connectivity index (χ4n) is 3.44. The number of aromatic amines is 1. The predicted octanol–water partition coefficient (Wildman–Crippen LogP) is 5.45. The van der Waals surface area contributed by atoms with Gasteiger partial charge in [0.2, 0.25) is 0 Å². The molecular formula is C19H13Cl2NO2. The summed E-state index contributed by atoms with van der Waals surface area (Å²) in [5.41, 5.74) is 5.73. The van der Waals surface area contributed by atoms with Gasteiger partial charge in [-0.1, -0.05) is 47.5 Å². The number of carboxylic acid groups (broad SMARTS) is 1. The van der Waals surface area contributed by atoms with Crippen LogP contribution in [0.1, 0.15) is 21.6 Å². The average molecular weight is 358 g/mol. The molecule has 0 aliphatic heterocycles. The van der Waals surface area contributed by atoms with Crippen LogP contribution >= 0.6 is 23.2 Å². The Hall–Kier alpha value is -2.23. The normalized spacial score (nSPS) is 12.6. The van der Waals surface area contributed by atoms with E-state index in [1.807, 2.05) is 18.2 Å². The molecule has 0 saturated carbocycles. The highest BCUT2D eigenvalue weighted by Gasteiger charge is 2.27. The first kappa shape index (κ1) is 15.3. The number of rotatable bonds is 2. The molecule has 0 spiro atoms. The first-order valence-electron chi connectivity index (χ1n) is 7.57. The molecule has 0 amide bonds. The minimum absolute atomic E-state index is 0.176. The number of hydrogen-bond acceptors (Lipinski definition) is 1. The van der Waals surface area contributed by atoms with Crippen molar-refractivity contribution in [2.75, 3.05) is 0 Å². The van der Waals surface area contributed by atoms with E-state index < -0.39 is 5.97 Å². The van der Waals surface area contributed by atoms with E-state index in [9.17, 15) is 9.90 Å². The van der Waals surface area contributed by atoms with Gasteiger partial charge in [-0.15, -0.1) is 0 Å². The molecule has 0 unspecified atom stereocenters. The van der Waals surface area contributed by atoms with Crippen molar-refractivity contribution >= 4 is 29.2 Å². The van der Waals surface area contributed by atoms with Crippen molar-refractivity contribution in [1.29, 1.82) is 0 Å². The van der Waals surface area contributed by atoms with Gasteiger partial charge in [0.25, 0.3) is 0 Å². The van der Waals surface area contributed by atoms with Crippen molar-refractivity contribution in [2.24, 2.45) is 0 Å². The first-order chi connectivity index (χ1) is 11.5. The number of aromatic nitrogens is 1. The zero-order valence-electron chi connectivity index (χ0n) is 12.6. The third-order valence-corrected chi connectivity index (χ3v) is 4.84. The highest BCUT2D eigenvalue weighted by molar-refractivity contribution is 6.35. The lowest BCUT2D eigenvalue weighted by molar-refractivity contribution is 0.0692. The molecule has 0 saturated heterocycles. The second-order valence-corrected chi connectivity index (χ2v) is 6.72. The quantitative estimate of drug-likeness (QED) is 0.640. The van der Waals surface area contributed by atoms with Gasteiger partial charge in [0.05, 0.1) is 5.69 Å². The summed E-state index contributed by atoms with van der Waals surface area (Å²) in [5, 5.41) is 10.6. The summed E-state index contributed by atoms with van der Waals surface area (Å²) in [6.07, 6.45) is 1.65. The Morgan fingerprint density at radius 2 is 1.75 bits per heavy atom. The van der Waals surface area contributed by atoms with Gasteiger partial charge in [-0.05, 0) is 47.7 Å². The van der Waals surface area contributed by atoms with E-state index in [-0.39, 0.29) is 5.69 Å². The van der Waals surface area contributed by atoms with Crippen molar-refractivity contribution < 1.29 is 9.90 Å². The topological polar surface area (TPSA) is 53.1 Å². The summed E-state index contributed by atoms with van der Waals surface area (Å²) in [7, 11) is 0. The molecule has 5 heteroatoms. The first-order valence-corrected chi connectivity index (χ1v) is 8.33. The molecule has 2 aromatic carbocycles. The van der Waals surface area contributed by atoms with Crippen molar-refractivity contribution in [2.45, 2.75) is 12.8 Å². The van der Waals surface area contributed by atoms with Crippen LogP contribution in [0.3, 0.4) is 0 Å². The van der Waals surface area contributed by atoms with E-state index in [2.05, 4.69) is 11.1 Å². The number of H-pyrrole nitrogens is 1. The minimum atomic E-state index is -0.993.